The van der Waals surface area contributed by atoms with Gasteiger partial charge in [-0.25, -0.2) is 4.39 Å². The van der Waals surface area contributed by atoms with Crippen molar-refractivity contribution in [3.8, 4) is 0 Å². The molecule has 0 atom stereocenters. The molecule has 7 heteroatoms. The van der Waals surface area contributed by atoms with Crippen LogP contribution in [-0.2, 0) is 6.18 Å². The Bertz CT molecular complexity index is 538. The summed E-state index contributed by atoms with van der Waals surface area (Å²) in [7, 11) is 0. The number of nitrogens with one attached hydrogen (secondary N) is 1. The van der Waals surface area contributed by atoms with Gasteiger partial charge in [0.15, 0.2) is 5.17 Å². The van der Waals surface area contributed by atoms with Crippen molar-refractivity contribution in [3.05, 3.63) is 29.6 Å². The van der Waals surface area contributed by atoms with Crippen molar-refractivity contribution >= 4 is 22.6 Å². The molecule has 0 saturated carbocycles. The Hall–Kier alpha value is -1.24. The summed E-state index contributed by atoms with van der Waals surface area (Å²) in [6.45, 7) is 4.65. The van der Waals surface area contributed by atoms with Crippen LogP contribution in [0, 0.1) is 11.2 Å². The van der Waals surface area contributed by atoms with Crippen LogP contribution < -0.4 is 5.32 Å². The van der Waals surface area contributed by atoms with Gasteiger partial charge in [-0.3, -0.25) is 4.99 Å². The first-order valence-corrected chi connectivity index (χ1v) is 6.97. The number of thioether (sulfide) groups is 1. The second-order valence-corrected chi connectivity index (χ2v) is 6.36. The van der Waals surface area contributed by atoms with Crippen molar-refractivity contribution in [2.24, 2.45) is 10.4 Å². The van der Waals surface area contributed by atoms with Crippen LogP contribution in [0.3, 0.4) is 0 Å². The van der Waals surface area contributed by atoms with Gasteiger partial charge in [0, 0.05) is 12.3 Å². The highest BCUT2D eigenvalue weighted by Crippen LogP contribution is 2.33. The molecule has 0 unspecified atom stereocenters. The standard InChI is InChI=1S/C13H14F4N2S/c1-12(2)6-18-11(20-7-12)19-10-5-8(13(15,16)17)3-4-9(10)14/h3-5H,6-7H2,1-2H3,(H,18,19). The molecule has 0 radical (unpaired) electrons. The molecule has 1 N–H and O–H groups in total. The van der Waals surface area contributed by atoms with Crippen molar-refractivity contribution in [1.29, 1.82) is 0 Å². The van der Waals surface area contributed by atoms with Crippen LogP contribution in [-0.4, -0.2) is 17.5 Å². The van der Waals surface area contributed by atoms with E-state index in [1.54, 1.807) is 0 Å². The van der Waals surface area contributed by atoms with Crippen LogP contribution in [0.2, 0.25) is 0 Å². The number of anilines is 1. The highest BCUT2D eigenvalue weighted by atomic mass is 32.2. The summed E-state index contributed by atoms with van der Waals surface area (Å²) in [6.07, 6.45) is -4.49. The van der Waals surface area contributed by atoms with Crippen LogP contribution in [0.1, 0.15) is 19.4 Å². The molecule has 0 aliphatic carbocycles. The second-order valence-electron chi connectivity index (χ2n) is 5.39. The van der Waals surface area contributed by atoms with Crippen LogP contribution in [0.5, 0.6) is 0 Å². The fourth-order valence-corrected chi connectivity index (χ4v) is 2.59. The molecule has 1 aliphatic rings. The van der Waals surface area contributed by atoms with E-state index in [1.807, 2.05) is 13.8 Å². The molecule has 2 rings (SSSR count). The number of halogens is 4. The highest BCUT2D eigenvalue weighted by Gasteiger charge is 2.31. The molecule has 0 saturated heterocycles. The van der Waals surface area contributed by atoms with Gasteiger partial charge in [-0.1, -0.05) is 25.6 Å². The van der Waals surface area contributed by atoms with Crippen LogP contribution in [0.25, 0.3) is 0 Å². The van der Waals surface area contributed by atoms with Gasteiger partial charge in [0.2, 0.25) is 0 Å². The molecule has 1 heterocycles. The fraction of sp³-hybridized carbons (Fsp3) is 0.462. The third kappa shape index (κ3) is 3.65. The normalized spacial score (nSPS) is 18.6. The number of aliphatic imine (C=N–C) groups is 1. The van der Waals surface area contributed by atoms with Gasteiger partial charge in [-0.2, -0.15) is 13.2 Å². The molecule has 1 aromatic carbocycles. The minimum atomic E-state index is -4.49. The van der Waals surface area contributed by atoms with Crippen molar-refractivity contribution in [2.45, 2.75) is 20.0 Å². The van der Waals surface area contributed by atoms with E-state index in [9.17, 15) is 17.6 Å². The Kier molecular flexibility index (Phi) is 4.00. The van der Waals surface area contributed by atoms with E-state index >= 15 is 0 Å². The number of rotatable bonds is 1. The molecule has 0 amide bonds. The lowest BCUT2D eigenvalue weighted by atomic mass is 9.97. The summed E-state index contributed by atoms with van der Waals surface area (Å²) >= 11 is 1.38. The van der Waals surface area contributed by atoms with E-state index in [-0.39, 0.29) is 11.1 Å². The number of nitrogens with zero attached hydrogens (tertiary/aromatic N) is 1. The van der Waals surface area contributed by atoms with Crippen molar-refractivity contribution < 1.29 is 17.6 Å². The topological polar surface area (TPSA) is 24.4 Å². The van der Waals surface area contributed by atoms with Gasteiger partial charge in [0.1, 0.15) is 5.82 Å². The Balaban J connectivity index is 2.20. The van der Waals surface area contributed by atoms with Gasteiger partial charge in [-0.15, -0.1) is 0 Å². The zero-order chi connectivity index (χ0) is 15.0. The number of amidine groups is 1. The lowest BCUT2D eigenvalue weighted by Gasteiger charge is -2.27. The molecular formula is C13H14F4N2S. The predicted molar refractivity (Wildman–Crippen MR) is 73.6 cm³/mol. The number of hydrogen-bond acceptors (Lipinski definition) is 3. The Morgan fingerprint density at radius 2 is 2.00 bits per heavy atom. The smallest absolute Gasteiger partial charge is 0.333 e. The minimum absolute atomic E-state index is 0.0439. The molecule has 2 nitrogen and oxygen atoms in total. The first-order chi connectivity index (χ1) is 9.17. The lowest BCUT2D eigenvalue weighted by Crippen LogP contribution is -2.27. The molecule has 110 valence electrons. The lowest BCUT2D eigenvalue weighted by molar-refractivity contribution is -0.137. The first-order valence-electron chi connectivity index (χ1n) is 5.98. The van der Waals surface area contributed by atoms with Crippen LogP contribution in [0.15, 0.2) is 23.2 Å². The summed E-state index contributed by atoms with van der Waals surface area (Å²) in [6, 6.07) is 2.29. The third-order valence-corrected chi connectivity index (χ3v) is 4.22. The third-order valence-electron chi connectivity index (χ3n) is 2.79. The molecule has 0 spiro atoms. The van der Waals surface area contributed by atoms with E-state index in [0.29, 0.717) is 11.7 Å². The van der Waals surface area contributed by atoms with Crippen molar-refractivity contribution in [2.75, 3.05) is 17.6 Å². The van der Waals surface area contributed by atoms with E-state index < -0.39 is 17.6 Å². The average Bonchev–Trinajstić information content (AvgIpc) is 2.33. The minimum Gasteiger partial charge on any atom is -0.333 e. The summed E-state index contributed by atoms with van der Waals surface area (Å²) in [4.78, 5) is 4.23. The first kappa shape index (κ1) is 15.2. The molecule has 0 fully saturated rings. The van der Waals surface area contributed by atoms with Gasteiger partial charge in [-0.05, 0) is 23.6 Å². The zero-order valence-electron chi connectivity index (χ0n) is 11.0. The summed E-state index contributed by atoms with van der Waals surface area (Å²) in [5.74, 6) is 0.0468. The van der Waals surface area contributed by atoms with E-state index in [4.69, 9.17) is 0 Å². The van der Waals surface area contributed by atoms with Crippen molar-refractivity contribution in [1.82, 2.24) is 0 Å². The molecular weight excluding hydrogens is 292 g/mol. The summed E-state index contributed by atoms with van der Waals surface area (Å²) in [5, 5.41) is 3.08. The maximum absolute atomic E-state index is 13.6. The van der Waals surface area contributed by atoms with Gasteiger partial charge in [0.05, 0.1) is 11.3 Å². The van der Waals surface area contributed by atoms with E-state index in [0.717, 1.165) is 24.0 Å². The van der Waals surface area contributed by atoms with Crippen LogP contribution in [0.4, 0.5) is 23.2 Å². The predicted octanol–water partition coefficient (Wildman–Crippen LogP) is 4.39. The van der Waals surface area contributed by atoms with E-state index in [1.165, 1.54) is 11.8 Å². The number of alkyl halides is 3. The number of hydrogen-bond donors (Lipinski definition) is 1. The maximum atomic E-state index is 13.6. The van der Waals surface area contributed by atoms with Gasteiger partial charge >= 0.3 is 6.18 Å². The van der Waals surface area contributed by atoms with E-state index in [2.05, 4.69) is 10.3 Å². The average molecular weight is 306 g/mol. The molecule has 1 aliphatic heterocycles. The quantitative estimate of drug-likeness (QED) is 0.778. The maximum Gasteiger partial charge on any atom is 0.416 e. The molecule has 20 heavy (non-hydrogen) atoms. The van der Waals surface area contributed by atoms with Crippen molar-refractivity contribution in [3.63, 3.8) is 0 Å². The monoisotopic (exact) mass is 306 g/mol. The largest absolute Gasteiger partial charge is 0.416 e. The summed E-state index contributed by atoms with van der Waals surface area (Å²) < 4.78 is 51.4. The Labute approximate surface area is 118 Å². The molecule has 1 aromatic rings. The van der Waals surface area contributed by atoms with Crippen LogP contribution >= 0.6 is 11.8 Å². The highest BCUT2D eigenvalue weighted by molar-refractivity contribution is 8.14. The Morgan fingerprint density at radius 1 is 1.30 bits per heavy atom. The molecule has 0 aromatic heterocycles. The zero-order valence-corrected chi connectivity index (χ0v) is 11.8. The Morgan fingerprint density at radius 3 is 2.55 bits per heavy atom. The number of benzene rings is 1. The SMILES string of the molecule is CC1(C)CN=C(Nc2cc(C(F)(F)F)ccc2F)SC1. The van der Waals surface area contributed by atoms with Gasteiger partial charge in [0.25, 0.3) is 0 Å². The molecule has 0 bridgehead atoms. The second kappa shape index (κ2) is 5.27. The summed E-state index contributed by atoms with van der Waals surface area (Å²) in [5.41, 5.74) is -1.05. The fourth-order valence-electron chi connectivity index (χ4n) is 1.63. The van der Waals surface area contributed by atoms with Gasteiger partial charge < -0.3 is 5.32 Å².